The van der Waals surface area contributed by atoms with Gasteiger partial charge in [0.1, 0.15) is 0 Å². The number of nitrogens with zero attached hydrogens (tertiary/aromatic N) is 2. The smallest absolute Gasteiger partial charge is 0.0477 e. The van der Waals surface area contributed by atoms with Crippen molar-refractivity contribution in [2.45, 2.75) is 33.2 Å². The first kappa shape index (κ1) is 15.9. The fourth-order valence-electron chi connectivity index (χ4n) is 2.31. The number of rotatable bonds is 9. The highest BCUT2D eigenvalue weighted by atomic mass is 16.5. The van der Waals surface area contributed by atoms with E-state index in [0.717, 1.165) is 32.7 Å². The maximum absolute atomic E-state index is 5.31. The number of hydrogen-bond donors (Lipinski definition) is 1. The van der Waals surface area contributed by atoms with Gasteiger partial charge in [0.25, 0.3) is 0 Å². The van der Waals surface area contributed by atoms with Crippen LogP contribution in [0.2, 0.25) is 0 Å². The van der Waals surface area contributed by atoms with E-state index in [9.17, 15) is 0 Å². The highest BCUT2D eigenvalue weighted by Crippen LogP contribution is 2.04. The summed E-state index contributed by atoms with van der Waals surface area (Å²) in [6, 6.07) is 0.698. The maximum Gasteiger partial charge on any atom is 0.0477 e. The minimum Gasteiger partial charge on any atom is -0.382 e. The summed E-state index contributed by atoms with van der Waals surface area (Å²) in [5, 5.41) is 3.49. The van der Waals surface area contributed by atoms with Crippen molar-refractivity contribution in [3.05, 3.63) is 0 Å². The lowest BCUT2D eigenvalue weighted by Gasteiger charge is -2.36. The third kappa shape index (κ3) is 6.69. The van der Waals surface area contributed by atoms with Crippen LogP contribution in [0.15, 0.2) is 0 Å². The molecule has 0 unspecified atom stereocenters. The normalized spacial score (nSPS) is 18.7. The van der Waals surface area contributed by atoms with Crippen LogP contribution < -0.4 is 5.32 Å². The zero-order valence-electron chi connectivity index (χ0n) is 12.5. The van der Waals surface area contributed by atoms with E-state index in [0.29, 0.717) is 6.04 Å². The van der Waals surface area contributed by atoms with Crippen molar-refractivity contribution < 1.29 is 4.74 Å². The zero-order valence-corrected chi connectivity index (χ0v) is 12.5. The summed E-state index contributed by atoms with van der Waals surface area (Å²) < 4.78 is 5.31. The minimum absolute atomic E-state index is 0.698. The Morgan fingerprint density at radius 2 is 1.83 bits per heavy atom. The highest BCUT2D eigenvalue weighted by molar-refractivity contribution is 4.74. The van der Waals surface area contributed by atoms with Crippen LogP contribution in [0.1, 0.15) is 27.2 Å². The Morgan fingerprint density at radius 3 is 2.44 bits per heavy atom. The fourth-order valence-corrected chi connectivity index (χ4v) is 2.31. The Balaban J connectivity index is 1.91. The third-order valence-electron chi connectivity index (χ3n) is 3.59. The van der Waals surface area contributed by atoms with Crippen molar-refractivity contribution >= 4 is 0 Å². The average molecular weight is 257 g/mol. The summed E-state index contributed by atoms with van der Waals surface area (Å²) >= 11 is 0. The second-order valence-corrected chi connectivity index (χ2v) is 5.27. The number of piperazine rings is 1. The summed E-state index contributed by atoms with van der Waals surface area (Å²) in [5.41, 5.74) is 0. The molecule has 0 aromatic carbocycles. The standard InChI is InChI=1S/C14H31N3O/c1-4-18-13-5-6-15-7-8-16-9-11-17(12-10-16)14(2)3/h14-15H,4-13H2,1-3H3. The topological polar surface area (TPSA) is 27.7 Å². The predicted octanol–water partition coefficient (Wildman–Crippen LogP) is 1.03. The second-order valence-electron chi connectivity index (χ2n) is 5.27. The molecule has 1 N–H and O–H groups in total. The molecule has 18 heavy (non-hydrogen) atoms. The molecule has 0 spiro atoms. The molecule has 1 aliphatic heterocycles. The van der Waals surface area contributed by atoms with Crippen molar-refractivity contribution in [1.82, 2.24) is 15.1 Å². The molecule has 1 aliphatic rings. The van der Waals surface area contributed by atoms with Gasteiger partial charge in [-0.3, -0.25) is 9.80 Å². The number of ether oxygens (including phenoxy) is 1. The van der Waals surface area contributed by atoms with Crippen molar-refractivity contribution in [2.24, 2.45) is 0 Å². The molecule has 108 valence electrons. The quantitative estimate of drug-likeness (QED) is 0.624. The number of nitrogens with one attached hydrogen (secondary N) is 1. The van der Waals surface area contributed by atoms with E-state index < -0.39 is 0 Å². The number of hydrogen-bond acceptors (Lipinski definition) is 4. The van der Waals surface area contributed by atoms with Crippen molar-refractivity contribution in [2.75, 3.05) is 59.0 Å². The Morgan fingerprint density at radius 1 is 1.11 bits per heavy atom. The molecule has 1 heterocycles. The first-order valence-electron chi connectivity index (χ1n) is 7.49. The van der Waals surface area contributed by atoms with Gasteiger partial charge in [-0.15, -0.1) is 0 Å². The molecule has 0 aromatic rings. The predicted molar refractivity (Wildman–Crippen MR) is 77.1 cm³/mol. The largest absolute Gasteiger partial charge is 0.382 e. The summed E-state index contributed by atoms with van der Waals surface area (Å²) in [6.45, 7) is 16.6. The lowest BCUT2D eigenvalue weighted by atomic mass is 10.2. The van der Waals surface area contributed by atoms with Gasteiger partial charge in [-0.2, -0.15) is 0 Å². The maximum atomic E-state index is 5.31. The molecule has 0 radical (unpaired) electrons. The summed E-state index contributed by atoms with van der Waals surface area (Å²) in [6.07, 6.45) is 1.12. The Hall–Kier alpha value is -0.160. The van der Waals surface area contributed by atoms with E-state index in [2.05, 4.69) is 29.0 Å². The summed E-state index contributed by atoms with van der Waals surface area (Å²) in [5.74, 6) is 0. The van der Waals surface area contributed by atoms with Gasteiger partial charge in [-0.05, 0) is 33.7 Å². The fraction of sp³-hybridized carbons (Fsp3) is 1.00. The van der Waals surface area contributed by atoms with Gasteiger partial charge in [0.05, 0.1) is 0 Å². The molecule has 0 amide bonds. The monoisotopic (exact) mass is 257 g/mol. The molecule has 0 atom stereocenters. The van der Waals surface area contributed by atoms with Crippen LogP contribution in [0, 0.1) is 0 Å². The summed E-state index contributed by atoms with van der Waals surface area (Å²) in [7, 11) is 0. The van der Waals surface area contributed by atoms with Crippen molar-refractivity contribution in [3.63, 3.8) is 0 Å². The molecule has 0 bridgehead atoms. The summed E-state index contributed by atoms with van der Waals surface area (Å²) in [4.78, 5) is 5.13. The van der Waals surface area contributed by atoms with Crippen LogP contribution in [-0.2, 0) is 4.74 Å². The Kier molecular flexibility index (Phi) is 8.59. The molecule has 4 heteroatoms. The molecular weight excluding hydrogens is 226 g/mol. The van der Waals surface area contributed by atoms with E-state index in [1.54, 1.807) is 0 Å². The van der Waals surface area contributed by atoms with Crippen LogP contribution in [0.3, 0.4) is 0 Å². The molecule has 0 aliphatic carbocycles. The van der Waals surface area contributed by atoms with Gasteiger partial charge in [-0.1, -0.05) is 0 Å². The third-order valence-corrected chi connectivity index (χ3v) is 3.59. The van der Waals surface area contributed by atoms with E-state index in [-0.39, 0.29) is 0 Å². The van der Waals surface area contributed by atoms with Crippen LogP contribution in [0.4, 0.5) is 0 Å². The van der Waals surface area contributed by atoms with E-state index in [4.69, 9.17) is 4.74 Å². The minimum atomic E-state index is 0.698. The molecule has 4 nitrogen and oxygen atoms in total. The first-order chi connectivity index (χ1) is 8.74. The molecule has 1 saturated heterocycles. The SMILES string of the molecule is CCOCCCNCCN1CCN(C(C)C)CC1. The first-order valence-corrected chi connectivity index (χ1v) is 7.49. The van der Waals surface area contributed by atoms with Crippen molar-refractivity contribution in [3.8, 4) is 0 Å². The second kappa shape index (κ2) is 9.73. The van der Waals surface area contributed by atoms with E-state index >= 15 is 0 Å². The Labute approximate surface area is 113 Å². The zero-order chi connectivity index (χ0) is 13.2. The van der Waals surface area contributed by atoms with Crippen LogP contribution in [0.25, 0.3) is 0 Å². The van der Waals surface area contributed by atoms with Gasteiger partial charge in [0.15, 0.2) is 0 Å². The molecule has 1 rings (SSSR count). The van der Waals surface area contributed by atoms with Crippen molar-refractivity contribution in [1.29, 1.82) is 0 Å². The van der Waals surface area contributed by atoms with E-state index in [1.165, 1.54) is 32.7 Å². The van der Waals surface area contributed by atoms with Gasteiger partial charge >= 0.3 is 0 Å². The molecule has 1 fully saturated rings. The molecule has 0 saturated carbocycles. The van der Waals surface area contributed by atoms with E-state index in [1.807, 2.05) is 6.92 Å². The van der Waals surface area contributed by atoms with Gasteiger partial charge < -0.3 is 10.1 Å². The highest BCUT2D eigenvalue weighted by Gasteiger charge is 2.17. The lowest BCUT2D eigenvalue weighted by molar-refractivity contribution is 0.109. The average Bonchev–Trinajstić information content (AvgIpc) is 2.38. The van der Waals surface area contributed by atoms with Gasteiger partial charge in [0.2, 0.25) is 0 Å². The lowest BCUT2D eigenvalue weighted by Crippen LogP contribution is -2.50. The van der Waals surface area contributed by atoms with Gasteiger partial charge in [-0.25, -0.2) is 0 Å². The molecular formula is C14H31N3O. The molecule has 0 aromatic heterocycles. The van der Waals surface area contributed by atoms with Gasteiger partial charge in [0, 0.05) is 58.5 Å². The van der Waals surface area contributed by atoms with Crippen LogP contribution in [-0.4, -0.2) is 74.9 Å². The van der Waals surface area contributed by atoms with Crippen LogP contribution >= 0.6 is 0 Å². The van der Waals surface area contributed by atoms with Crippen LogP contribution in [0.5, 0.6) is 0 Å². The Bertz CT molecular complexity index is 191.